The molecule has 0 radical (unpaired) electrons. The molecule has 1 aromatic carbocycles. The number of carbonyl (C=O) groups excluding carboxylic acids is 1. The van der Waals surface area contributed by atoms with Gasteiger partial charge in [-0.1, -0.05) is 36.8 Å². The van der Waals surface area contributed by atoms with Crippen LogP contribution in [0.15, 0.2) is 24.3 Å². The number of amides is 1. The van der Waals surface area contributed by atoms with Crippen molar-refractivity contribution in [2.45, 2.75) is 38.8 Å². The van der Waals surface area contributed by atoms with E-state index in [2.05, 4.69) is 11.2 Å². The van der Waals surface area contributed by atoms with Crippen LogP contribution in [0.1, 0.15) is 36.9 Å². The Kier molecular flexibility index (Phi) is 5.41. The van der Waals surface area contributed by atoms with E-state index in [-0.39, 0.29) is 11.9 Å². The van der Waals surface area contributed by atoms with Crippen LogP contribution in [0, 0.1) is 19.3 Å². The van der Waals surface area contributed by atoms with E-state index in [1.54, 1.807) is 0 Å². The lowest BCUT2D eigenvalue weighted by molar-refractivity contribution is -0.123. The van der Waals surface area contributed by atoms with Crippen LogP contribution in [-0.4, -0.2) is 11.9 Å². The van der Waals surface area contributed by atoms with Gasteiger partial charge in [0.05, 0.1) is 0 Å². The van der Waals surface area contributed by atoms with Crippen LogP contribution >= 0.6 is 0 Å². The van der Waals surface area contributed by atoms with Crippen LogP contribution in [0.4, 0.5) is 0 Å². The molecular formula is C15H20N2O. The predicted molar refractivity (Wildman–Crippen MR) is 73.8 cm³/mol. The summed E-state index contributed by atoms with van der Waals surface area (Å²) in [6.07, 6.45) is 6.58. The third-order valence-corrected chi connectivity index (χ3v) is 2.92. The molecule has 0 aliphatic carbocycles. The van der Waals surface area contributed by atoms with Gasteiger partial charge in [0, 0.05) is 12.5 Å². The monoisotopic (exact) mass is 244 g/mol. The molecule has 0 bridgehead atoms. The molecule has 3 nitrogen and oxygen atoms in total. The van der Waals surface area contributed by atoms with Gasteiger partial charge in [-0.3, -0.25) is 4.79 Å². The maximum Gasteiger partial charge on any atom is 0.241 e. The molecule has 1 rings (SSSR count). The molecule has 0 aliphatic heterocycles. The van der Waals surface area contributed by atoms with E-state index < -0.39 is 6.04 Å². The first-order chi connectivity index (χ1) is 8.58. The van der Waals surface area contributed by atoms with Crippen molar-refractivity contribution in [3.8, 4) is 12.3 Å². The summed E-state index contributed by atoms with van der Waals surface area (Å²) in [5.41, 5.74) is 7.88. The average Bonchev–Trinajstić information content (AvgIpc) is 2.38. The number of hydrogen-bond donors (Lipinski definition) is 2. The first-order valence-corrected chi connectivity index (χ1v) is 6.14. The molecule has 3 heteroatoms. The smallest absolute Gasteiger partial charge is 0.241 e. The molecule has 18 heavy (non-hydrogen) atoms. The van der Waals surface area contributed by atoms with Gasteiger partial charge in [0.2, 0.25) is 5.91 Å². The lowest BCUT2D eigenvalue weighted by atomic mass is 10.0. The fourth-order valence-electron chi connectivity index (χ4n) is 1.66. The number of rotatable bonds is 5. The van der Waals surface area contributed by atoms with E-state index in [0.29, 0.717) is 6.42 Å². The lowest BCUT2D eigenvalue weighted by Gasteiger charge is -2.18. The molecule has 2 atom stereocenters. The highest BCUT2D eigenvalue weighted by Gasteiger charge is 2.18. The minimum Gasteiger partial charge on any atom is -0.351 e. The lowest BCUT2D eigenvalue weighted by Crippen LogP contribution is -2.40. The van der Waals surface area contributed by atoms with E-state index in [9.17, 15) is 4.79 Å². The SMILES string of the molecule is C#CCC(CC)NC(=O)C(N)c1ccc(C)cc1. The van der Waals surface area contributed by atoms with E-state index in [4.69, 9.17) is 12.2 Å². The van der Waals surface area contributed by atoms with Crippen molar-refractivity contribution in [1.82, 2.24) is 5.32 Å². The van der Waals surface area contributed by atoms with Crippen LogP contribution in [0.25, 0.3) is 0 Å². The second kappa shape index (κ2) is 6.83. The van der Waals surface area contributed by atoms with Gasteiger partial charge in [0.1, 0.15) is 6.04 Å². The van der Waals surface area contributed by atoms with Gasteiger partial charge < -0.3 is 11.1 Å². The van der Waals surface area contributed by atoms with Crippen molar-refractivity contribution in [3.63, 3.8) is 0 Å². The molecule has 0 heterocycles. The van der Waals surface area contributed by atoms with Gasteiger partial charge in [-0.25, -0.2) is 0 Å². The third-order valence-electron chi connectivity index (χ3n) is 2.92. The highest BCUT2D eigenvalue weighted by atomic mass is 16.2. The molecule has 0 aromatic heterocycles. The summed E-state index contributed by atoms with van der Waals surface area (Å²) in [6.45, 7) is 3.98. The summed E-state index contributed by atoms with van der Waals surface area (Å²) >= 11 is 0. The fraction of sp³-hybridized carbons (Fsp3) is 0.400. The summed E-state index contributed by atoms with van der Waals surface area (Å²) in [5, 5.41) is 2.87. The number of carbonyl (C=O) groups is 1. The van der Waals surface area contributed by atoms with Gasteiger partial charge in [-0.05, 0) is 18.9 Å². The van der Waals surface area contributed by atoms with E-state index in [1.165, 1.54) is 0 Å². The number of benzene rings is 1. The second-order valence-electron chi connectivity index (χ2n) is 4.41. The van der Waals surface area contributed by atoms with Gasteiger partial charge >= 0.3 is 0 Å². The standard InChI is InChI=1S/C15H20N2O/c1-4-6-13(5-2)17-15(18)14(16)12-9-7-11(3)8-10-12/h1,7-10,13-14H,5-6,16H2,2-3H3,(H,17,18). The molecule has 2 unspecified atom stereocenters. The molecule has 96 valence electrons. The largest absolute Gasteiger partial charge is 0.351 e. The zero-order chi connectivity index (χ0) is 13.5. The fourth-order valence-corrected chi connectivity index (χ4v) is 1.66. The summed E-state index contributed by atoms with van der Waals surface area (Å²) in [7, 11) is 0. The molecule has 0 saturated carbocycles. The minimum absolute atomic E-state index is 0.000927. The summed E-state index contributed by atoms with van der Waals surface area (Å²) < 4.78 is 0. The number of hydrogen-bond acceptors (Lipinski definition) is 2. The Labute approximate surface area is 109 Å². The number of terminal acetylenes is 1. The Balaban J connectivity index is 2.66. The van der Waals surface area contributed by atoms with Gasteiger partial charge in [0.15, 0.2) is 0 Å². The minimum atomic E-state index is -0.641. The Morgan fingerprint density at radius 2 is 2.06 bits per heavy atom. The van der Waals surface area contributed by atoms with Crippen LogP contribution < -0.4 is 11.1 Å². The maximum absolute atomic E-state index is 12.0. The normalized spacial score (nSPS) is 13.4. The van der Waals surface area contributed by atoms with Gasteiger partial charge in [-0.2, -0.15) is 0 Å². The summed E-state index contributed by atoms with van der Waals surface area (Å²) in [4.78, 5) is 12.0. The van der Waals surface area contributed by atoms with Gasteiger partial charge in [0.25, 0.3) is 0 Å². The van der Waals surface area contributed by atoms with Crippen molar-refractivity contribution in [2.75, 3.05) is 0 Å². The molecule has 3 N–H and O–H groups in total. The predicted octanol–water partition coefficient (Wildman–Crippen LogP) is 1.91. The topological polar surface area (TPSA) is 55.1 Å². The molecular weight excluding hydrogens is 224 g/mol. The molecule has 1 amide bonds. The molecule has 0 aliphatic rings. The van der Waals surface area contributed by atoms with E-state index in [0.717, 1.165) is 17.5 Å². The van der Waals surface area contributed by atoms with E-state index in [1.807, 2.05) is 38.1 Å². The first-order valence-electron chi connectivity index (χ1n) is 6.14. The Morgan fingerprint density at radius 3 is 2.56 bits per heavy atom. The molecule has 0 fully saturated rings. The molecule has 0 saturated heterocycles. The van der Waals surface area contributed by atoms with Crippen LogP contribution in [0.2, 0.25) is 0 Å². The van der Waals surface area contributed by atoms with Crippen molar-refractivity contribution in [2.24, 2.45) is 5.73 Å². The Morgan fingerprint density at radius 1 is 1.44 bits per heavy atom. The number of nitrogens with one attached hydrogen (secondary N) is 1. The van der Waals surface area contributed by atoms with Crippen molar-refractivity contribution in [3.05, 3.63) is 35.4 Å². The van der Waals surface area contributed by atoms with Crippen molar-refractivity contribution >= 4 is 5.91 Å². The second-order valence-corrected chi connectivity index (χ2v) is 4.41. The summed E-state index contributed by atoms with van der Waals surface area (Å²) in [5.74, 6) is 2.38. The van der Waals surface area contributed by atoms with Crippen molar-refractivity contribution < 1.29 is 4.79 Å². The van der Waals surface area contributed by atoms with Gasteiger partial charge in [-0.15, -0.1) is 12.3 Å². The molecule has 1 aromatic rings. The highest BCUT2D eigenvalue weighted by molar-refractivity contribution is 5.83. The maximum atomic E-state index is 12.0. The van der Waals surface area contributed by atoms with Crippen LogP contribution in [-0.2, 0) is 4.79 Å². The first kappa shape index (κ1) is 14.3. The third kappa shape index (κ3) is 3.90. The number of nitrogens with two attached hydrogens (primary N) is 1. The molecule has 0 spiro atoms. The quantitative estimate of drug-likeness (QED) is 0.777. The zero-order valence-corrected chi connectivity index (χ0v) is 10.9. The Hall–Kier alpha value is -1.79. The average molecular weight is 244 g/mol. The highest BCUT2D eigenvalue weighted by Crippen LogP contribution is 2.12. The summed E-state index contributed by atoms with van der Waals surface area (Å²) in [6, 6.07) is 7.00. The van der Waals surface area contributed by atoms with Crippen molar-refractivity contribution in [1.29, 1.82) is 0 Å². The van der Waals surface area contributed by atoms with Crippen LogP contribution in [0.3, 0.4) is 0 Å². The Bertz CT molecular complexity index is 431. The van der Waals surface area contributed by atoms with Crippen LogP contribution in [0.5, 0.6) is 0 Å². The number of aryl methyl sites for hydroxylation is 1. The van der Waals surface area contributed by atoms with E-state index >= 15 is 0 Å². The zero-order valence-electron chi connectivity index (χ0n) is 10.9.